The number of halogens is 1. The zero-order valence-corrected chi connectivity index (χ0v) is 21.6. The van der Waals surface area contributed by atoms with E-state index in [-0.39, 0.29) is 10.6 Å². The lowest BCUT2D eigenvalue weighted by Crippen LogP contribution is -2.39. The van der Waals surface area contributed by atoms with Crippen molar-refractivity contribution in [3.05, 3.63) is 76.8 Å². The summed E-state index contributed by atoms with van der Waals surface area (Å²) in [5.74, 6) is -0.177. The fourth-order valence-corrected chi connectivity index (χ4v) is 5.31. The number of sulfonamides is 1. The molecule has 3 aromatic carbocycles. The number of primary amides is 1. The number of carbonyl (C=O) groups is 1. The SMILES string of the molecule is COc1ccc(S(=O)(=O)N(CC(N)=O)c2ccc(N(C)C)cc2Cc2ccccc2Cl)cc1OC. The lowest BCUT2D eigenvalue weighted by atomic mass is 10.0. The van der Waals surface area contributed by atoms with Crippen LogP contribution >= 0.6 is 11.6 Å². The second-order valence-corrected chi connectivity index (χ2v) is 10.2. The molecule has 0 aliphatic heterocycles. The van der Waals surface area contributed by atoms with E-state index in [1.165, 1.54) is 32.4 Å². The average Bonchev–Trinajstić information content (AvgIpc) is 2.83. The normalized spacial score (nSPS) is 11.1. The van der Waals surface area contributed by atoms with Crippen molar-refractivity contribution in [3.8, 4) is 11.5 Å². The largest absolute Gasteiger partial charge is 0.493 e. The maximum Gasteiger partial charge on any atom is 0.264 e. The molecule has 0 aliphatic rings. The van der Waals surface area contributed by atoms with Gasteiger partial charge in [-0.25, -0.2) is 8.42 Å². The van der Waals surface area contributed by atoms with Gasteiger partial charge in [0.15, 0.2) is 11.5 Å². The van der Waals surface area contributed by atoms with Crippen molar-refractivity contribution >= 4 is 38.9 Å². The van der Waals surface area contributed by atoms with Gasteiger partial charge < -0.3 is 20.1 Å². The molecule has 2 N–H and O–H groups in total. The first-order chi connectivity index (χ1) is 16.6. The number of ether oxygens (including phenoxy) is 2. The second kappa shape index (κ2) is 10.9. The third-order valence-electron chi connectivity index (χ3n) is 5.43. The molecule has 0 aromatic heterocycles. The molecule has 3 rings (SSSR count). The van der Waals surface area contributed by atoms with Gasteiger partial charge in [-0.3, -0.25) is 9.10 Å². The summed E-state index contributed by atoms with van der Waals surface area (Å²) in [7, 11) is 2.43. The zero-order chi connectivity index (χ0) is 25.8. The van der Waals surface area contributed by atoms with Gasteiger partial charge in [-0.1, -0.05) is 29.8 Å². The summed E-state index contributed by atoms with van der Waals surface area (Å²) in [6, 6.07) is 16.9. The molecule has 0 atom stereocenters. The number of nitrogens with zero attached hydrogens (tertiary/aromatic N) is 2. The van der Waals surface area contributed by atoms with Gasteiger partial charge in [0.25, 0.3) is 10.0 Å². The van der Waals surface area contributed by atoms with E-state index >= 15 is 0 Å². The maximum atomic E-state index is 13.8. The van der Waals surface area contributed by atoms with Crippen molar-refractivity contribution in [2.75, 3.05) is 44.1 Å². The number of rotatable bonds is 10. The summed E-state index contributed by atoms with van der Waals surface area (Å²) >= 11 is 6.40. The van der Waals surface area contributed by atoms with Gasteiger partial charge in [0.1, 0.15) is 6.54 Å². The van der Waals surface area contributed by atoms with Crippen LogP contribution in [0.2, 0.25) is 5.02 Å². The predicted molar refractivity (Wildman–Crippen MR) is 138 cm³/mol. The Balaban J connectivity index is 2.20. The van der Waals surface area contributed by atoms with E-state index in [1.54, 1.807) is 18.2 Å². The number of methoxy groups -OCH3 is 2. The van der Waals surface area contributed by atoms with Crippen LogP contribution in [0, 0.1) is 0 Å². The van der Waals surface area contributed by atoms with E-state index in [0.29, 0.717) is 28.4 Å². The number of benzene rings is 3. The number of nitrogens with two attached hydrogens (primary N) is 1. The van der Waals surface area contributed by atoms with Crippen molar-refractivity contribution in [2.24, 2.45) is 5.73 Å². The molecule has 0 spiro atoms. The standard InChI is InChI=1S/C25H28ClN3O5S/c1-28(2)19-9-11-22(18(14-19)13-17-7-5-6-8-21(17)26)29(16-25(27)30)35(31,32)20-10-12-23(33-3)24(15-20)34-4/h5-12,14-15H,13,16H2,1-4H3,(H2,27,30). The highest BCUT2D eigenvalue weighted by Gasteiger charge is 2.29. The molecule has 35 heavy (non-hydrogen) atoms. The smallest absolute Gasteiger partial charge is 0.264 e. The third kappa shape index (κ3) is 5.80. The van der Waals surface area contributed by atoms with Crippen molar-refractivity contribution in [3.63, 3.8) is 0 Å². The molecule has 186 valence electrons. The van der Waals surface area contributed by atoms with Gasteiger partial charge in [-0.15, -0.1) is 0 Å². The highest BCUT2D eigenvalue weighted by molar-refractivity contribution is 7.92. The first-order valence-corrected chi connectivity index (χ1v) is 12.5. The molecule has 8 nitrogen and oxygen atoms in total. The fraction of sp³-hybridized carbons (Fsp3) is 0.240. The van der Waals surface area contributed by atoms with Crippen LogP contribution in [0.25, 0.3) is 0 Å². The number of amides is 1. The molecular weight excluding hydrogens is 490 g/mol. The van der Waals surface area contributed by atoms with Crippen LogP contribution < -0.4 is 24.4 Å². The van der Waals surface area contributed by atoms with Gasteiger partial charge >= 0.3 is 0 Å². The molecule has 0 saturated carbocycles. The summed E-state index contributed by atoms with van der Waals surface area (Å²) < 4.78 is 39.1. The molecule has 0 heterocycles. The summed E-state index contributed by atoms with van der Waals surface area (Å²) in [6.07, 6.45) is 0.341. The maximum absolute atomic E-state index is 13.8. The molecule has 1 amide bonds. The minimum absolute atomic E-state index is 0.0724. The first kappa shape index (κ1) is 26.2. The zero-order valence-electron chi connectivity index (χ0n) is 20.0. The Morgan fingerprint density at radius 3 is 2.23 bits per heavy atom. The molecule has 0 aliphatic carbocycles. The minimum atomic E-state index is -4.21. The van der Waals surface area contributed by atoms with E-state index in [2.05, 4.69) is 0 Å². The molecule has 3 aromatic rings. The van der Waals surface area contributed by atoms with Gasteiger partial charge in [0, 0.05) is 37.3 Å². The molecule has 0 unspecified atom stereocenters. The van der Waals surface area contributed by atoms with Crippen LogP contribution in [0.1, 0.15) is 11.1 Å². The summed E-state index contributed by atoms with van der Waals surface area (Å²) in [4.78, 5) is 13.9. The topological polar surface area (TPSA) is 102 Å². The van der Waals surface area contributed by atoms with E-state index in [0.717, 1.165) is 15.6 Å². The van der Waals surface area contributed by atoms with Crippen LogP contribution in [0.3, 0.4) is 0 Å². The number of anilines is 2. The second-order valence-electron chi connectivity index (χ2n) is 7.97. The van der Waals surface area contributed by atoms with Crippen LogP contribution in [-0.4, -0.2) is 49.2 Å². The Morgan fingerprint density at radius 2 is 1.63 bits per heavy atom. The van der Waals surface area contributed by atoms with Crippen LogP contribution in [0.15, 0.2) is 65.6 Å². The van der Waals surface area contributed by atoms with Gasteiger partial charge in [0.05, 0.1) is 24.8 Å². The highest BCUT2D eigenvalue weighted by atomic mass is 35.5. The first-order valence-electron chi connectivity index (χ1n) is 10.6. The third-order valence-corrected chi connectivity index (χ3v) is 7.55. The Hall–Kier alpha value is -3.43. The van der Waals surface area contributed by atoms with Crippen molar-refractivity contribution in [2.45, 2.75) is 11.3 Å². The quantitative estimate of drug-likeness (QED) is 0.440. The van der Waals surface area contributed by atoms with E-state index in [9.17, 15) is 13.2 Å². The molecule has 10 heteroatoms. The number of hydrogen-bond acceptors (Lipinski definition) is 6. The van der Waals surface area contributed by atoms with Crippen LogP contribution in [-0.2, 0) is 21.2 Å². The fourth-order valence-electron chi connectivity index (χ4n) is 3.63. The summed E-state index contributed by atoms with van der Waals surface area (Å²) in [5.41, 5.74) is 8.15. The molecular formula is C25H28ClN3O5S. The predicted octanol–water partition coefficient (Wildman–Crippen LogP) is 3.69. The molecule has 0 saturated heterocycles. The molecule has 0 fully saturated rings. The number of carbonyl (C=O) groups excluding carboxylic acids is 1. The van der Waals surface area contributed by atoms with Gasteiger partial charge in [0.2, 0.25) is 5.91 Å². The summed E-state index contributed by atoms with van der Waals surface area (Å²) in [6.45, 7) is -0.548. The van der Waals surface area contributed by atoms with E-state index in [1.807, 2.05) is 43.3 Å². The van der Waals surface area contributed by atoms with Gasteiger partial charge in [-0.2, -0.15) is 0 Å². The lowest BCUT2D eigenvalue weighted by molar-refractivity contribution is -0.116. The average molecular weight is 518 g/mol. The van der Waals surface area contributed by atoms with Gasteiger partial charge in [-0.05, 0) is 47.5 Å². The Labute approximate surface area is 210 Å². The van der Waals surface area contributed by atoms with Crippen LogP contribution in [0.5, 0.6) is 11.5 Å². The Morgan fingerprint density at radius 1 is 0.943 bits per heavy atom. The van der Waals surface area contributed by atoms with Crippen molar-refractivity contribution < 1.29 is 22.7 Å². The monoisotopic (exact) mass is 517 g/mol. The van der Waals surface area contributed by atoms with Crippen LogP contribution in [0.4, 0.5) is 11.4 Å². The highest BCUT2D eigenvalue weighted by Crippen LogP contribution is 2.35. The lowest BCUT2D eigenvalue weighted by Gasteiger charge is -2.27. The van der Waals surface area contributed by atoms with Crippen molar-refractivity contribution in [1.82, 2.24) is 0 Å². The van der Waals surface area contributed by atoms with E-state index in [4.69, 9.17) is 26.8 Å². The molecule has 0 bridgehead atoms. The summed E-state index contributed by atoms with van der Waals surface area (Å²) in [5, 5.41) is 0.554. The van der Waals surface area contributed by atoms with Crippen molar-refractivity contribution in [1.29, 1.82) is 0 Å². The van der Waals surface area contributed by atoms with E-state index < -0.39 is 22.5 Å². The minimum Gasteiger partial charge on any atom is -0.493 e. The Kier molecular flexibility index (Phi) is 8.14. The molecule has 0 radical (unpaired) electrons. The Bertz CT molecular complexity index is 1330. The number of hydrogen-bond donors (Lipinski definition) is 1.